The van der Waals surface area contributed by atoms with Crippen molar-refractivity contribution in [2.45, 2.75) is 12.8 Å². The van der Waals surface area contributed by atoms with Gasteiger partial charge in [0.05, 0.1) is 6.20 Å². The third kappa shape index (κ3) is 2.08. The maximum atomic E-state index is 11.5. The lowest BCUT2D eigenvalue weighted by atomic mass is 10.0. The highest BCUT2D eigenvalue weighted by Crippen LogP contribution is 2.28. The largest absolute Gasteiger partial charge is 0.338 e. The zero-order valence-electron chi connectivity index (χ0n) is 11.1. The summed E-state index contributed by atoms with van der Waals surface area (Å²) in [4.78, 5) is 19.8. The number of aromatic amines is 1. The third-order valence-corrected chi connectivity index (χ3v) is 3.51. The first-order chi connectivity index (χ1) is 10.3. The number of rotatable bonds is 2. The van der Waals surface area contributed by atoms with E-state index < -0.39 is 0 Å². The molecule has 0 spiro atoms. The van der Waals surface area contributed by atoms with Gasteiger partial charge in [-0.3, -0.25) is 9.89 Å². The molecule has 7 heteroatoms. The first kappa shape index (κ1) is 11.8. The lowest BCUT2D eigenvalue weighted by Crippen LogP contribution is -2.18. The predicted octanol–water partition coefficient (Wildman–Crippen LogP) is 1.98. The van der Waals surface area contributed by atoms with Crippen LogP contribution < -0.4 is 10.6 Å². The van der Waals surface area contributed by atoms with Crippen molar-refractivity contribution in [3.05, 3.63) is 36.3 Å². The summed E-state index contributed by atoms with van der Waals surface area (Å²) in [6.07, 6.45) is 4.45. The molecule has 0 saturated heterocycles. The van der Waals surface area contributed by atoms with Crippen LogP contribution in [-0.2, 0) is 11.2 Å². The molecule has 104 valence electrons. The zero-order valence-corrected chi connectivity index (χ0v) is 11.1. The van der Waals surface area contributed by atoms with E-state index in [1.165, 1.54) is 6.33 Å². The van der Waals surface area contributed by atoms with Gasteiger partial charge in [0.2, 0.25) is 5.91 Å². The van der Waals surface area contributed by atoms with Gasteiger partial charge in [-0.1, -0.05) is 6.07 Å². The highest BCUT2D eigenvalue weighted by Gasteiger charge is 2.15. The molecule has 4 rings (SSSR count). The molecule has 3 heterocycles. The number of benzene rings is 1. The van der Waals surface area contributed by atoms with Crippen LogP contribution in [0.15, 0.2) is 30.7 Å². The smallest absolute Gasteiger partial charge is 0.224 e. The van der Waals surface area contributed by atoms with E-state index in [0.717, 1.165) is 34.4 Å². The summed E-state index contributed by atoms with van der Waals surface area (Å²) < 4.78 is 0. The number of anilines is 3. The number of carbonyl (C=O) groups excluding carboxylic acids is 1. The van der Waals surface area contributed by atoms with E-state index in [2.05, 4.69) is 30.8 Å². The van der Waals surface area contributed by atoms with Crippen LogP contribution in [0.4, 0.5) is 17.2 Å². The number of hydrogen-bond donors (Lipinski definition) is 3. The molecule has 3 N–H and O–H groups in total. The number of nitrogens with zero attached hydrogens (tertiary/aromatic N) is 3. The normalized spacial score (nSPS) is 13.8. The summed E-state index contributed by atoms with van der Waals surface area (Å²) in [5.41, 5.74) is 4.35. The van der Waals surface area contributed by atoms with Crippen molar-refractivity contribution in [1.29, 1.82) is 0 Å². The summed E-state index contributed by atoms with van der Waals surface area (Å²) in [6.45, 7) is 0. The predicted molar refractivity (Wildman–Crippen MR) is 78.4 cm³/mol. The summed E-state index contributed by atoms with van der Waals surface area (Å²) in [5.74, 6) is 0.706. The standard InChI is InChI=1S/C14H12N6O/c21-12-4-2-8-1-3-9(5-10(8)19-12)18-14-13-11(6-17-20-13)15-7-16-14/h1,3,5-7H,2,4H2,(H,17,20)(H,19,21)(H,15,16,18). The highest BCUT2D eigenvalue weighted by molar-refractivity contribution is 5.95. The van der Waals surface area contributed by atoms with Gasteiger partial charge in [-0.25, -0.2) is 9.97 Å². The molecule has 7 nitrogen and oxygen atoms in total. The Morgan fingerprint density at radius 1 is 1.19 bits per heavy atom. The molecule has 0 unspecified atom stereocenters. The van der Waals surface area contributed by atoms with Crippen molar-refractivity contribution in [2.24, 2.45) is 0 Å². The van der Waals surface area contributed by atoms with E-state index in [9.17, 15) is 4.79 Å². The molecule has 0 atom stereocenters. The molecule has 1 aromatic carbocycles. The van der Waals surface area contributed by atoms with Crippen molar-refractivity contribution in [1.82, 2.24) is 20.2 Å². The Bertz CT molecular complexity index is 840. The van der Waals surface area contributed by atoms with Crippen LogP contribution in [0.25, 0.3) is 11.0 Å². The van der Waals surface area contributed by atoms with E-state index in [1.54, 1.807) is 6.20 Å². The lowest BCUT2D eigenvalue weighted by Gasteiger charge is -2.18. The van der Waals surface area contributed by atoms with E-state index in [0.29, 0.717) is 12.2 Å². The second-order valence-corrected chi connectivity index (χ2v) is 4.90. The Balaban J connectivity index is 1.70. The molecule has 0 aliphatic carbocycles. The fourth-order valence-electron chi connectivity index (χ4n) is 2.45. The van der Waals surface area contributed by atoms with Crippen molar-refractivity contribution < 1.29 is 4.79 Å². The number of nitrogens with one attached hydrogen (secondary N) is 3. The molecule has 21 heavy (non-hydrogen) atoms. The van der Waals surface area contributed by atoms with Crippen molar-refractivity contribution in [3.63, 3.8) is 0 Å². The topological polar surface area (TPSA) is 95.6 Å². The fraction of sp³-hybridized carbons (Fsp3) is 0.143. The van der Waals surface area contributed by atoms with E-state index >= 15 is 0 Å². The van der Waals surface area contributed by atoms with E-state index in [4.69, 9.17) is 0 Å². The number of aryl methyl sites for hydroxylation is 1. The highest BCUT2D eigenvalue weighted by atomic mass is 16.1. The molecule has 1 aliphatic rings. The Hall–Kier alpha value is -2.96. The molecule has 0 saturated carbocycles. The van der Waals surface area contributed by atoms with E-state index in [1.807, 2.05) is 18.2 Å². The van der Waals surface area contributed by atoms with Gasteiger partial charge in [0.1, 0.15) is 17.4 Å². The second-order valence-electron chi connectivity index (χ2n) is 4.90. The third-order valence-electron chi connectivity index (χ3n) is 3.51. The summed E-state index contributed by atoms with van der Waals surface area (Å²) in [7, 11) is 0. The summed E-state index contributed by atoms with van der Waals surface area (Å²) in [6, 6.07) is 5.90. The fourth-order valence-corrected chi connectivity index (χ4v) is 2.45. The zero-order chi connectivity index (χ0) is 14.2. The molecule has 0 fully saturated rings. The molecule has 3 aromatic rings. The van der Waals surface area contributed by atoms with Crippen LogP contribution in [0.2, 0.25) is 0 Å². The minimum Gasteiger partial charge on any atom is -0.338 e. The quantitative estimate of drug-likeness (QED) is 0.667. The lowest BCUT2D eigenvalue weighted by molar-refractivity contribution is -0.116. The van der Waals surface area contributed by atoms with Crippen molar-refractivity contribution in [2.75, 3.05) is 10.6 Å². The Morgan fingerprint density at radius 2 is 2.14 bits per heavy atom. The van der Waals surface area contributed by atoms with E-state index in [-0.39, 0.29) is 5.91 Å². The molecular formula is C14H12N6O. The van der Waals surface area contributed by atoms with Crippen LogP contribution >= 0.6 is 0 Å². The van der Waals surface area contributed by atoms with Gasteiger partial charge < -0.3 is 10.6 Å². The number of hydrogen-bond acceptors (Lipinski definition) is 5. The minimum atomic E-state index is 0.0534. The molecule has 0 bridgehead atoms. The average Bonchev–Trinajstić information content (AvgIpc) is 2.96. The maximum Gasteiger partial charge on any atom is 0.224 e. The first-order valence-electron chi connectivity index (χ1n) is 6.63. The van der Waals surface area contributed by atoms with Gasteiger partial charge in [0.15, 0.2) is 5.82 Å². The number of carbonyl (C=O) groups is 1. The summed E-state index contributed by atoms with van der Waals surface area (Å²) in [5, 5.41) is 12.9. The van der Waals surface area contributed by atoms with Crippen molar-refractivity contribution >= 4 is 34.1 Å². The molecule has 0 radical (unpaired) electrons. The average molecular weight is 280 g/mol. The first-order valence-corrected chi connectivity index (χ1v) is 6.63. The van der Waals surface area contributed by atoms with Crippen LogP contribution in [0.1, 0.15) is 12.0 Å². The molecular weight excluding hydrogens is 268 g/mol. The monoisotopic (exact) mass is 280 g/mol. The SMILES string of the molecule is O=C1CCc2ccc(Nc3ncnc4cn[nH]c34)cc2N1. The van der Waals surface area contributed by atoms with Gasteiger partial charge in [0.25, 0.3) is 0 Å². The maximum absolute atomic E-state index is 11.5. The van der Waals surface area contributed by atoms with Gasteiger partial charge in [0, 0.05) is 17.8 Å². The number of fused-ring (bicyclic) bond motifs is 2. The number of aromatic nitrogens is 4. The summed E-state index contributed by atoms with van der Waals surface area (Å²) >= 11 is 0. The minimum absolute atomic E-state index is 0.0534. The molecule has 2 aromatic heterocycles. The van der Waals surface area contributed by atoms with Crippen LogP contribution in [0.5, 0.6) is 0 Å². The van der Waals surface area contributed by atoms with Gasteiger partial charge in [-0.2, -0.15) is 5.10 Å². The Labute approximate surface area is 119 Å². The Morgan fingerprint density at radius 3 is 3.10 bits per heavy atom. The second kappa shape index (κ2) is 4.55. The number of H-pyrrole nitrogens is 1. The van der Waals surface area contributed by atoms with Crippen molar-refractivity contribution in [3.8, 4) is 0 Å². The molecule has 1 amide bonds. The van der Waals surface area contributed by atoms with Crippen LogP contribution in [-0.4, -0.2) is 26.1 Å². The van der Waals surface area contributed by atoms with Gasteiger partial charge in [-0.15, -0.1) is 0 Å². The van der Waals surface area contributed by atoms with Gasteiger partial charge >= 0.3 is 0 Å². The van der Waals surface area contributed by atoms with Crippen LogP contribution in [0, 0.1) is 0 Å². The molecule has 1 aliphatic heterocycles. The van der Waals surface area contributed by atoms with Gasteiger partial charge in [-0.05, 0) is 24.1 Å². The number of amides is 1. The van der Waals surface area contributed by atoms with Crippen LogP contribution in [0.3, 0.4) is 0 Å². The Kier molecular flexibility index (Phi) is 2.56.